The summed E-state index contributed by atoms with van der Waals surface area (Å²) < 4.78 is 23.6. The lowest BCUT2D eigenvalue weighted by Crippen LogP contribution is -2.08. The second-order valence-electron chi connectivity index (χ2n) is 4.64. The molecule has 0 aromatic heterocycles. The third-order valence-electron chi connectivity index (χ3n) is 2.87. The Morgan fingerprint density at radius 3 is 2.32 bits per heavy atom. The van der Waals surface area contributed by atoms with Gasteiger partial charge in [-0.3, -0.25) is 4.79 Å². The standard InChI is InChI=1S/C16H14BrNO3S/c1-22(20,21)14-9-7-13(8-10-14)18-16(19)11-6-12-4-2-3-5-15(12)17/h2-11H,1H3,(H,18,19)/b11-6+. The molecule has 22 heavy (non-hydrogen) atoms. The molecule has 0 saturated heterocycles. The summed E-state index contributed by atoms with van der Waals surface area (Å²) in [4.78, 5) is 12.1. The van der Waals surface area contributed by atoms with Gasteiger partial charge in [-0.2, -0.15) is 0 Å². The SMILES string of the molecule is CS(=O)(=O)c1ccc(NC(=O)/C=C/c2ccccc2Br)cc1. The van der Waals surface area contributed by atoms with Crippen molar-refractivity contribution in [3.8, 4) is 0 Å². The molecule has 0 bridgehead atoms. The zero-order chi connectivity index (χ0) is 16.2. The maximum atomic E-state index is 11.8. The van der Waals surface area contributed by atoms with Gasteiger partial charge in [-0.25, -0.2) is 8.42 Å². The number of anilines is 1. The summed E-state index contributed by atoms with van der Waals surface area (Å²) in [5.74, 6) is -0.289. The highest BCUT2D eigenvalue weighted by Crippen LogP contribution is 2.17. The largest absolute Gasteiger partial charge is 0.323 e. The van der Waals surface area contributed by atoms with Crippen LogP contribution in [0.1, 0.15) is 5.56 Å². The summed E-state index contributed by atoms with van der Waals surface area (Å²) >= 11 is 3.40. The van der Waals surface area contributed by atoms with Crippen LogP contribution in [-0.2, 0) is 14.6 Å². The fourth-order valence-corrected chi connectivity index (χ4v) is 2.79. The van der Waals surface area contributed by atoms with E-state index in [-0.39, 0.29) is 10.8 Å². The lowest BCUT2D eigenvalue weighted by molar-refractivity contribution is -0.111. The molecular formula is C16H14BrNO3S. The van der Waals surface area contributed by atoms with Crippen molar-refractivity contribution in [2.45, 2.75) is 4.90 Å². The van der Waals surface area contributed by atoms with Crippen molar-refractivity contribution in [2.75, 3.05) is 11.6 Å². The van der Waals surface area contributed by atoms with Crippen LogP contribution in [0, 0.1) is 0 Å². The monoisotopic (exact) mass is 379 g/mol. The van der Waals surface area contributed by atoms with E-state index in [0.717, 1.165) is 16.3 Å². The molecule has 0 aliphatic carbocycles. The van der Waals surface area contributed by atoms with E-state index in [1.54, 1.807) is 18.2 Å². The van der Waals surface area contributed by atoms with Crippen molar-refractivity contribution in [1.29, 1.82) is 0 Å². The molecule has 4 nitrogen and oxygen atoms in total. The third kappa shape index (κ3) is 4.54. The molecule has 114 valence electrons. The Kier molecular flexibility index (Phi) is 5.15. The zero-order valence-electron chi connectivity index (χ0n) is 11.8. The average Bonchev–Trinajstić information content (AvgIpc) is 2.46. The van der Waals surface area contributed by atoms with Gasteiger partial charge in [0.25, 0.3) is 0 Å². The molecule has 2 rings (SSSR count). The Morgan fingerprint density at radius 2 is 1.73 bits per heavy atom. The van der Waals surface area contributed by atoms with Gasteiger partial charge < -0.3 is 5.32 Å². The van der Waals surface area contributed by atoms with Crippen LogP contribution in [0.15, 0.2) is 64.0 Å². The van der Waals surface area contributed by atoms with Gasteiger partial charge in [0, 0.05) is 22.5 Å². The summed E-state index contributed by atoms with van der Waals surface area (Å²) in [7, 11) is -3.23. The number of hydrogen-bond acceptors (Lipinski definition) is 3. The van der Waals surface area contributed by atoms with Gasteiger partial charge >= 0.3 is 0 Å². The Hall–Kier alpha value is -1.92. The van der Waals surface area contributed by atoms with Crippen LogP contribution in [0.25, 0.3) is 6.08 Å². The van der Waals surface area contributed by atoms with Crippen molar-refractivity contribution >= 4 is 43.4 Å². The fourth-order valence-electron chi connectivity index (χ4n) is 1.75. The minimum Gasteiger partial charge on any atom is -0.323 e. The summed E-state index contributed by atoms with van der Waals surface area (Å²) in [6.45, 7) is 0. The van der Waals surface area contributed by atoms with Crippen LogP contribution in [0.5, 0.6) is 0 Å². The van der Waals surface area contributed by atoms with E-state index in [4.69, 9.17) is 0 Å². The molecule has 0 spiro atoms. The Morgan fingerprint density at radius 1 is 1.09 bits per heavy atom. The van der Waals surface area contributed by atoms with E-state index in [0.29, 0.717) is 5.69 Å². The summed E-state index contributed by atoms with van der Waals surface area (Å²) in [5, 5.41) is 2.67. The first kappa shape index (κ1) is 16.5. The first-order valence-electron chi connectivity index (χ1n) is 6.40. The Labute approximate surface area is 137 Å². The molecule has 0 heterocycles. The molecule has 2 aromatic carbocycles. The number of sulfone groups is 1. The second-order valence-corrected chi connectivity index (χ2v) is 7.51. The minimum atomic E-state index is -3.23. The van der Waals surface area contributed by atoms with E-state index < -0.39 is 9.84 Å². The van der Waals surface area contributed by atoms with Crippen LogP contribution in [-0.4, -0.2) is 20.6 Å². The smallest absolute Gasteiger partial charge is 0.248 e. The molecular weight excluding hydrogens is 366 g/mol. The minimum absolute atomic E-state index is 0.217. The van der Waals surface area contributed by atoms with Crippen molar-refractivity contribution in [3.05, 3.63) is 64.6 Å². The van der Waals surface area contributed by atoms with Crippen LogP contribution in [0.2, 0.25) is 0 Å². The summed E-state index contributed by atoms with van der Waals surface area (Å²) in [5.41, 5.74) is 1.43. The highest BCUT2D eigenvalue weighted by atomic mass is 79.9. The van der Waals surface area contributed by atoms with Crippen molar-refractivity contribution in [3.63, 3.8) is 0 Å². The molecule has 1 amide bonds. The normalized spacial score (nSPS) is 11.5. The van der Waals surface area contributed by atoms with Crippen LogP contribution < -0.4 is 5.32 Å². The molecule has 0 fully saturated rings. The number of halogens is 1. The van der Waals surface area contributed by atoms with E-state index in [1.807, 2.05) is 24.3 Å². The van der Waals surface area contributed by atoms with Gasteiger partial charge in [-0.1, -0.05) is 34.1 Å². The van der Waals surface area contributed by atoms with E-state index in [1.165, 1.54) is 18.2 Å². The highest BCUT2D eigenvalue weighted by Gasteiger charge is 2.06. The molecule has 0 saturated carbocycles. The summed E-state index contributed by atoms with van der Waals surface area (Å²) in [6, 6.07) is 13.6. The van der Waals surface area contributed by atoms with Crippen molar-refractivity contribution in [2.24, 2.45) is 0 Å². The quantitative estimate of drug-likeness (QED) is 0.826. The van der Waals surface area contributed by atoms with Gasteiger partial charge in [-0.15, -0.1) is 0 Å². The predicted octanol–water partition coefficient (Wildman–Crippen LogP) is 3.50. The van der Waals surface area contributed by atoms with Gasteiger partial charge in [0.2, 0.25) is 5.91 Å². The van der Waals surface area contributed by atoms with Crippen LogP contribution in [0.4, 0.5) is 5.69 Å². The van der Waals surface area contributed by atoms with Crippen LogP contribution >= 0.6 is 15.9 Å². The van der Waals surface area contributed by atoms with Gasteiger partial charge in [0.15, 0.2) is 9.84 Å². The molecule has 6 heteroatoms. The van der Waals surface area contributed by atoms with Gasteiger partial charge in [0.05, 0.1) is 4.90 Å². The Bertz CT molecular complexity index is 812. The molecule has 0 aliphatic rings. The van der Waals surface area contributed by atoms with Crippen LogP contribution in [0.3, 0.4) is 0 Å². The molecule has 0 unspecified atom stereocenters. The second kappa shape index (κ2) is 6.89. The number of hydrogen-bond donors (Lipinski definition) is 1. The number of carbonyl (C=O) groups is 1. The van der Waals surface area contributed by atoms with E-state index >= 15 is 0 Å². The molecule has 2 aromatic rings. The number of benzene rings is 2. The number of amides is 1. The van der Waals surface area contributed by atoms with Gasteiger partial charge in [-0.05, 0) is 42.0 Å². The third-order valence-corrected chi connectivity index (χ3v) is 4.72. The zero-order valence-corrected chi connectivity index (χ0v) is 14.2. The topological polar surface area (TPSA) is 63.2 Å². The molecule has 1 N–H and O–H groups in total. The first-order chi connectivity index (χ1) is 10.4. The maximum absolute atomic E-state index is 11.8. The molecule has 0 radical (unpaired) electrons. The number of nitrogens with one attached hydrogen (secondary N) is 1. The number of carbonyl (C=O) groups excluding carboxylic acids is 1. The highest BCUT2D eigenvalue weighted by molar-refractivity contribution is 9.10. The predicted molar refractivity (Wildman–Crippen MR) is 91.4 cm³/mol. The van der Waals surface area contributed by atoms with E-state index in [9.17, 15) is 13.2 Å². The lowest BCUT2D eigenvalue weighted by Gasteiger charge is -2.03. The fraction of sp³-hybridized carbons (Fsp3) is 0.0625. The van der Waals surface area contributed by atoms with Crippen molar-refractivity contribution in [1.82, 2.24) is 0 Å². The Balaban J connectivity index is 2.05. The molecule has 0 aliphatic heterocycles. The maximum Gasteiger partial charge on any atom is 0.248 e. The number of rotatable bonds is 4. The van der Waals surface area contributed by atoms with E-state index in [2.05, 4.69) is 21.2 Å². The summed E-state index contributed by atoms with van der Waals surface area (Å²) in [6.07, 6.45) is 4.26. The molecule has 0 atom stereocenters. The lowest BCUT2D eigenvalue weighted by atomic mass is 10.2. The van der Waals surface area contributed by atoms with Crippen molar-refractivity contribution < 1.29 is 13.2 Å². The average molecular weight is 380 g/mol. The first-order valence-corrected chi connectivity index (χ1v) is 9.08. The van der Waals surface area contributed by atoms with Gasteiger partial charge in [0.1, 0.15) is 0 Å².